The highest BCUT2D eigenvalue weighted by Crippen LogP contribution is 2.28. The van der Waals surface area contributed by atoms with Crippen molar-refractivity contribution in [1.82, 2.24) is 10.2 Å². The van der Waals surface area contributed by atoms with Gasteiger partial charge in [-0.25, -0.2) is 8.42 Å². The zero-order valence-corrected chi connectivity index (χ0v) is 25.3. The first kappa shape index (κ1) is 31.5. The molecule has 41 heavy (non-hydrogen) atoms. The van der Waals surface area contributed by atoms with E-state index in [0.717, 1.165) is 9.87 Å². The van der Waals surface area contributed by atoms with E-state index in [4.69, 9.17) is 9.47 Å². The number of hydrogen-bond acceptors (Lipinski definition) is 6. The molecule has 0 saturated heterocycles. The van der Waals surface area contributed by atoms with Crippen LogP contribution in [0.5, 0.6) is 11.5 Å². The lowest BCUT2D eigenvalue weighted by atomic mass is 10.1. The zero-order valence-electron chi connectivity index (χ0n) is 24.5. The predicted molar refractivity (Wildman–Crippen MR) is 159 cm³/mol. The van der Waals surface area contributed by atoms with E-state index >= 15 is 0 Å². The van der Waals surface area contributed by atoms with Crippen molar-refractivity contribution in [2.24, 2.45) is 0 Å². The van der Waals surface area contributed by atoms with Crippen LogP contribution in [-0.4, -0.2) is 57.5 Å². The molecule has 0 saturated carbocycles. The van der Waals surface area contributed by atoms with Crippen molar-refractivity contribution in [3.8, 4) is 11.5 Å². The molecule has 3 aromatic rings. The summed E-state index contributed by atoms with van der Waals surface area (Å²) in [4.78, 5) is 29.1. The molecule has 3 aromatic carbocycles. The molecule has 0 aliphatic rings. The minimum atomic E-state index is -4.16. The molecule has 0 aliphatic carbocycles. The molecule has 0 aromatic heterocycles. The Morgan fingerprint density at radius 3 is 2.07 bits per heavy atom. The Bertz CT molecular complexity index is 1440. The maximum atomic E-state index is 14.2. The van der Waals surface area contributed by atoms with E-state index in [2.05, 4.69) is 5.32 Å². The molecule has 0 aliphatic heterocycles. The molecule has 0 spiro atoms. The van der Waals surface area contributed by atoms with Crippen LogP contribution >= 0.6 is 0 Å². The van der Waals surface area contributed by atoms with Crippen LogP contribution in [0, 0.1) is 0 Å². The highest BCUT2D eigenvalue weighted by atomic mass is 32.2. The largest absolute Gasteiger partial charge is 0.497 e. The van der Waals surface area contributed by atoms with Gasteiger partial charge in [0.2, 0.25) is 11.8 Å². The van der Waals surface area contributed by atoms with Crippen LogP contribution in [0.3, 0.4) is 0 Å². The number of methoxy groups -OCH3 is 2. The van der Waals surface area contributed by atoms with Crippen molar-refractivity contribution < 1.29 is 27.5 Å². The molecule has 0 fully saturated rings. The van der Waals surface area contributed by atoms with Gasteiger partial charge in [0, 0.05) is 18.2 Å². The van der Waals surface area contributed by atoms with Crippen LogP contribution < -0.4 is 19.1 Å². The second kappa shape index (κ2) is 13.5. The van der Waals surface area contributed by atoms with Gasteiger partial charge in [-0.3, -0.25) is 13.9 Å². The Kier molecular flexibility index (Phi) is 10.4. The summed E-state index contributed by atoms with van der Waals surface area (Å²) >= 11 is 0. The van der Waals surface area contributed by atoms with Gasteiger partial charge in [-0.2, -0.15) is 0 Å². The molecule has 0 bridgehead atoms. The highest BCUT2D eigenvalue weighted by Gasteiger charge is 2.34. The summed E-state index contributed by atoms with van der Waals surface area (Å²) in [6.07, 6.45) is 0.322. The number of nitrogens with zero attached hydrogens (tertiary/aromatic N) is 2. The van der Waals surface area contributed by atoms with Gasteiger partial charge in [-0.05, 0) is 69.2 Å². The average molecular weight is 582 g/mol. The number of benzene rings is 3. The third kappa shape index (κ3) is 8.23. The van der Waals surface area contributed by atoms with Crippen molar-refractivity contribution in [2.45, 2.75) is 57.1 Å². The number of sulfonamides is 1. The second-order valence-corrected chi connectivity index (χ2v) is 12.4. The van der Waals surface area contributed by atoms with Gasteiger partial charge in [0.05, 0.1) is 24.8 Å². The summed E-state index contributed by atoms with van der Waals surface area (Å²) in [5.41, 5.74) is 0.465. The summed E-state index contributed by atoms with van der Waals surface area (Å²) in [7, 11) is -1.13. The fourth-order valence-electron chi connectivity index (χ4n) is 4.35. The molecule has 1 atom stereocenters. The third-order valence-electron chi connectivity index (χ3n) is 6.32. The smallest absolute Gasteiger partial charge is 0.264 e. The van der Waals surface area contributed by atoms with E-state index in [1.807, 2.05) is 33.8 Å². The molecule has 2 amide bonds. The van der Waals surface area contributed by atoms with Crippen LogP contribution in [0.1, 0.15) is 39.7 Å². The molecule has 220 valence electrons. The van der Waals surface area contributed by atoms with Crippen LogP contribution in [0.15, 0.2) is 83.8 Å². The Balaban J connectivity index is 2.09. The lowest BCUT2D eigenvalue weighted by Gasteiger charge is -2.34. The number of nitrogens with one attached hydrogen (secondary N) is 1. The lowest BCUT2D eigenvalue weighted by molar-refractivity contribution is -0.141. The first-order valence-corrected chi connectivity index (χ1v) is 14.8. The Hall–Kier alpha value is -4.05. The predicted octanol–water partition coefficient (Wildman–Crippen LogP) is 4.62. The third-order valence-corrected chi connectivity index (χ3v) is 8.11. The van der Waals surface area contributed by atoms with Gasteiger partial charge in [0.1, 0.15) is 24.1 Å². The quantitative estimate of drug-likeness (QED) is 0.335. The van der Waals surface area contributed by atoms with E-state index in [1.165, 1.54) is 24.1 Å². The fraction of sp³-hybridized carbons (Fsp3) is 0.355. The SMILES string of the molecule is CCC(C(=O)NC(C)(C)C)N(Cc1cccc(OC)c1)C(=O)CN(c1cccc(OC)c1)S(=O)(=O)c1ccccc1. The summed E-state index contributed by atoms with van der Waals surface area (Å²) in [5.74, 6) is 0.181. The van der Waals surface area contributed by atoms with E-state index in [9.17, 15) is 18.0 Å². The van der Waals surface area contributed by atoms with E-state index in [0.29, 0.717) is 17.9 Å². The van der Waals surface area contributed by atoms with Crippen molar-refractivity contribution >= 4 is 27.5 Å². The van der Waals surface area contributed by atoms with Crippen LogP contribution in [-0.2, 0) is 26.2 Å². The highest BCUT2D eigenvalue weighted by molar-refractivity contribution is 7.92. The Morgan fingerprint density at radius 1 is 0.878 bits per heavy atom. The number of carbonyl (C=O) groups is 2. The molecule has 1 N–H and O–H groups in total. The van der Waals surface area contributed by atoms with Crippen molar-refractivity contribution in [3.05, 3.63) is 84.4 Å². The fourth-order valence-corrected chi connectivity index (χ4v) is 5.78. The zero-order chi connectivity index (χ0) is 30.2. The second-order valence-electron chi connectivity index (χ2n) is 10.6. The summed E-state index contributed by atoms with van der Waals surface area (Å²) in [5, 5.41) is 2.96. The first-order valence-electron chi connectivity index (χ1n) is 13.4. The molecule has 0 heterocycles. The topological polar surface area (TPSA) is 105 Å². The van der Waals surface area contributed by atoms with E-state index in [-0.39, 0.29) is 23.0 Å². The number of hydrogen-bond donors (Lipinski definition) is 1. The number of ether oxygens (including phenoxy) is 2. The van der Waals surface area contributed by atoms with Gasteiger partial charge in [-0.15, -0.1) is 0 Å². The normalized spacial score (nSPS) is 12.2. The molecule has 0 radical (unpaired) electrons. The molecular weight excluding hydrogens is 542 g/mol. The van der Waals surface area contributed by atoms with Gasteiger partial charge in [-0.1, -0.05) is 43.3 Å². The summed E-state index contributed by atoms with van der Waals surface area (Å²) in [6.45, 7) is 6.95. The summed E-state index contributed by atoms with van der Waals surface area (Å²) in [6, 6.07) is 20.8. The Morgan fingerprint density at radius 2 is 1.49 bits per heavy atom. The molecular formula is C31H39N3O6S. The average Bonchev–Trinajstić information content (AvgIpc) is 2.95. The maximum Gasteiger partial charge on any atom is 0.264 e. The molecule has 10 heteroatoms. The summed E-state index contributed by atoms with van der Waals surface area (Å²) < 4.78 is 39.6. The maximum absolute atomic E-state index is 14.2. The van der Waals surface area contributed by atoms with E-state index in [1.54, 1.807) is 67.8 Å². The van der Waals surface area contributed by atoms with E-state index < -0.39 is 34.1 Å². The molecule has 1 unspecified atom stereocenters. The standard InChI is InChI=1S/C31H39N3O6S/c1-7-28(30(36)32-31(2,3)4)33(21-23-13-11-15-25(19-23)39-5)29(35)22-34(24-14-12-16-26(20-24)40-6)41(37,38)27-17-9-8-10-18-27/h8-20,28H,7,21-22H2,1-6H3,(H,32,36). The lowest BCUT2D eigenvalue weighted by Crippen LogP contribution is -2.55. The first-order chi connectivity index (χ1) is 19.4. The Labute approximate surface area is 243 Å². The molecule has 9 nitrogen and oxygen atoms in total. The van der Waals surface area contributed by atoms with Crippen LogP contribution in [0.25, 0.3) is 0 Å². The number of carbonyl (C=O) groups excluding carboxylic acids is 2. The molecule has 3 rings (SSSR count). The monoisotopic (exact) mass is 581 g/mol. The van der Waals surface area contributed by atoms with Gasteiger partial charge in [0.25, 0.3) is 10.0 Å². The van der Waals surface area contributed by atoms with Crippen molar-refractivity contribution in [3.63, 3.8) is 0 Å². The number of anilines is 1. The van der Waals surface area contributed by atoms with Crippen LogP contribution in [0.2, 0.25) is 0 Å². The van der Waals surface area contributed by atoms with Gasteiger partial charge >= 0.3 is 0 Å². The van der Waals surface area contributed by atoms with Crippen molar-refractivity contribution in [2.75, 3.05) is 25.1 Å². The van der Waals surface area contributed by atoms with Crippen molar-refractivity contribution in [1.29, 1.82) is 0 Å². The minimum Gasteiger partial charge on any atom is -0.497 e. The van der Waals surface area contributed by atoms with Gasteiger partial charge < -0.3 is 19.7 Å². The minimum absolute atomic E-state index is 0.0347. The van der Waals surface area contributed by atoms with Crippen LogP contribution in [0.4, 0.5) is 5.69 Å². The van der Waals surface area contributed by atoms with Gasteiger partial charge in [0.15, 0.2) is 0 Å². The number of rotatable bonds is 12. The number of amides is 2.